The molecule has 0 atom stereocenters. The molecule has 0 bridgehead atoms. The first-order valence-electron chi connectivity index (χ1n) is 8.17. The van der Waals surface area contributed by atoms with Gasteiger partial charge in [0.2, 0.25) is 10.0 Å². The first-order valence-corrected chi connectivity index (χ1v) is 9.66. The molecule has 0 heterocycles. The molecular weight excluding hydrogens is 326 g/mol. The van der Waals surface area contributed by atoms with Crippen LogP contribution in [-0.4, -0.2) is 26.0 Å². The molecule has 2 N–H and O–H groups in total. The van der Waals surface area contributed by atoms with Gasteiger partial charge in [-0.1, -0.05) is 36.4 Å². The molecular formula is C18H21NO4S. The number of carboxylic acids is 1. The van der Waals surface area contributed by atoms with E-state index in [0.717, 1.165) is 18.2 Å². The first kappa shape index (κ1) is 16.9. The Bertz CT molecular complexity index is 834. The van der Waals surface area contributed by atoms with Crippen LogP contribution in [0.15, 0.2) is 47.4 Å². The molecule has 5 nitrogen and oxygen atoms in total. The lowest BCUT2D eigenvalue weighted by molar-refractivity contribution is -0.143. The summed E-state index contributed by atoms with van der Waals surface area (Å²) in [6.07, 6.45) is 2.73. The Morgan fingerprint density at radius 2 is 1.71 bits per heavy atom. The summed E-state index contributed by atoms with van der Waals surface area (Å²) in [5.41, 5.74) is 0. The molecule has 0 amide bonds. The number of fused-ring (bicyclic) bond motifs is 1. The van der Waals surface area contributed by atoms with Crippen molar-refractivity contribution < 1.29 is 18.3 Å². The van der Waals surface area contributed by atoms with Crippen molar-refractivity contribution in [2.75, 3.05) is 6.54 Å². The highest BCUT2D eigenvalue weighted by Gasteiger charge is 2.27. The van der Waals surface area contributed by atoms with E-state index in [0.29, 0.717) is 29.7 Å². The fraction of sp³-hybridized carbons (Fsp3) is 0.389. The average Bonchev–Trinajstić information content (AvgIpc) is 2.60. The maximum Gasteiger partial charge on any atom is 0.306 e. The van der Waals surface area contributed by atoms with Crippen LogP contribution in [0.2, 0.25) is 0 Å². The molecule has 0 unspecified atom stereocenters. The lowest BCUT2D eigenvalue weighted by Crippen LogP contribution is -2.32. The zero-order valence-corrected chi connectivity index (χ0v) is 14.1. The molecule has 0 aliphatic heterocycles. The Kier molecular flexibility index (Phi) is 4.87. The lowest BCUT2D eigenvalue weighted by atomic mass is 9.82. The molecule has 1 saturated carbocycles. The number of hydrogen-bond donors (Lipinski definition) is 2. The fourth-order valence-corrected chi connectivity index (χ4v) is 4.69. The summed E-state index contributed by atoms with van der Waals surface area (Å²) in [5.74, 6) is -0.828. The smallest absolute Gasteiger partial charge is 0.306 e. The molecule has 128 valence electrons. The van der Waals surface area contributed by atoms with Gasteiger partial charge in [-0.3, -0.25) is 4.79 Å². The molecule has 24 heavy (non-hydrogen) atoms. The summed E-state index contributed by atoms with van der Waals surface area (Å²) in [4.78, 5) is 11.3. The van der Waals surface area contributed by atoms with Crippen LogP contribution in [0.25, 0.3) is 10.8 Å². The van der Waals surface area contributed by atoms with E-state index in [1.165, 1.54) is 0 Å². The second-order valence-corrected chi connectivity index (χ2v) is 8.12. The van der Waals surface area contributed by atoms with E-state index in [4.69, 9.17) is 5.11 Å². The Labute approximate surface area is 141 Å². The highest BCUT2D eigenvalue weighted by Crippen LogP contribution is 2.29. The van der Waals surface area contributed by atoms with Gasteiger partial charge in [-0.15, -0.1) is 0 Å². The summed E-state index contributed by atoms with van der Waals surface area (Å²) < 4.78 is 28.0. The van der Waals surface area contributed by atoms with Gasteiger partial charge in [0, 0.05) is 11.9 Å². The van der Waals surface area contributed by atoms with Gasteiger partial charge in [0.1, 0.15) is 0 Å². The van der Waals surface area contributed by atoms with Crippen LogP contribution in [0.1, 0.15) is 25.7 Å². The first-order chi connectivity index (χ1) is 11.5. The number of nitrogens with one attached hydrogen (secondary N) is 1. The Morgan fingerprint density at radius 1 is 1.04 bits per heavy atom. The molecule has 1 fully saturated rings. The number of carboxylic acid groups (broad SMARTS) is 1. The van der Waals surface area contributed by atoms with Gasteiger partial charge in [0.25, 0.3) is 0 Å². The second-order valence-electron chi connectivity index (χ2n) is 6.39. The predicted octanol–water partition coefficient (Wildman–Crippen LogP) is 3.01. The van der Waals surface area contributed by atoms with E-state index >= 15 is 0 Å². The molecule has 2 aromatic carbocycles. The number of benzene rings is 2. The van der Waals surface area contributed by atoms with E-state index in [2.05, 4.69) is 4.72 Å². The van der Waals surface area contributed by atoms with Crippen molar-refractivity contribution >= 4 is 26.8 Å². The average molecular weight is 347 g/mol. The van der Waals surface area contributed by atoms with Crippen LogP contribution in [0.3, 0.4) is 0 Å². The molecule has 1 aliphatic rings. The van der Waals surface area contributed by atoms with E-state index in [1.807, 2.05) is 30.3 Å². The van der Waals surface area contributed by atoms with Gasteiger partial charge >= 0.3 is 5.97 Å². The molecule has 0 spiro atoms. The van der Waals surface area contributed by atoms with Crippen molar-refractivity contribution in [1.82, 2.24) is 4.72 Å². The molecule has 0 radical (unpaired) electrons. The third kappa shape index (κ3) is 3.60. The van der Waals surface area contributed by atoms with Gasteiger partial charge in [-0.25, -0.2) is 13.1 Å². The zero-order valence-electron chi connectivity index (χ0n) is 13.3. The molecule has 2 aromatic rings. The standard InChI is InChI=1S/C18H21NO4S/c20-18(21)15-10-8-13(9-11-15)12-19-24(22,23)17-7-3-5-14-4-1-2-6-16(14)17/h1-7,13,15,19H,8-12H2,(H,20,21). The quantitative estimate of drug-likeness (QED) is 0.871. The highest BCUT2D eigenvalue weighted by molar-refractivity contribution is 7.89. The van der Waals surface area contributed by atoms with E-state index < -0.39 is 16.0 Å². The molecule has 0 aromatic heterocycles. The third-order valence-corrected chi connectivity index (χ3v) is 6.28. The topological polar surface area (TPSA) is 83.5 Å². The number of hydrogen-bond acceptors (Lipinski definition) is 3. The summed E-state index contributed by atoms with van der Waals surface area (Å²) in [7, 11) is -3.58. The van der Waals surface area contributed by atoms with Crippen LogP contribution in [0.4, 0.5) is 0 Å². The van der Waals surface area contributed by atoms with Crippen LogP contribution >= 0.6 is 0 Å². The minimum Gasteiger partial charge on any atom is -0.481 e. The van der Waals surface area contributed by atoms with E-state index in [1.54, 1.807) is 12.1 Å². The van der Waals surface area contributed by atoms with Crippen LogP contribution in [0.5, 0.6) is 0 Å². The molecule has 0 saturated heterocycles. The number of sulfonamides is 1. The van der Waals surface area contributed by atoms with Crippen molar-refractivity contribution in [3.05, 3.63) is 42.5 Å². The fourth-order valence-electron chi connectivity index (χ4n) is 3.35. The van der Waals surface area contributed by atoms with Crippen LogP contribution in [-0.2, 0) is 14.8 Å². The third-order valence-electron chi connectivity index (χ3n) is 4.80. The van der Waals surface area contributed by atoms with Crippen molar-refractivity contribution in [2.24, 2.45) is 11.8 Å². The second kappa shape index (κ2) is 6.91. The molecule has 6 heteroatoms. The minimum atomic E-state index is -3.58. The Balaban J connectivity index is 1.69. The van der Waals surface area contributed by atoms with Gasteiger partial charge in [-0.2, -0.15) is 0 Å². The molecule has 3 rings (SSSR count). The summed E-state index contributed by atoms with van der Waals surface area (Å²) in [5, 5.41) is 10.6. The summed E-state index contributed by atoms with van der Waals surface area (Å²) in [6.45, 7) is 0.359. The largest absolute Gasteiger partial charge is 0.481 e. The highest BCUT2D eigenvalue weighted by atomic mass is 32.2. The van der Waals surface area contributed by atoms with Gasteiger partial charge in [0.05, 0.1) is 10.8 Å². The number of rotatable bonds is 5. The van der Waals surface area contributed by atoms with E-state index in [9.17, 15) is 13.2 Å². The maximum atomic E-state index is 12.7. The number of aliphatic carboxylic acids is 1. The summed E-state index contributed by atoms with van der Waals surface area (Å²) in [6, 6.07) is 12.7. The van der Waals surface area contributed by atoms with Gasteiger partial charge < -0.3 is 5.11 Å². The lowest BCUT2D eigenvalue weighted by Gasteiger charge is -2.26. The van der Waals surface area contributed by atoms with Crippen LogP contribution in [0, 0.1) is 11.8 Å². The summed E-state index contributed by atoms with van der Waals surface area (Å²) >= 11 is 0. The van der Waals surface area contributed by atoms with Gasteiger partial charge in [0.15, 0.2) is 0 Å². The van der Waals surface area contributed by atoms with Crippen molar-refractivity contribution in [2.45, 2.75) is 30.6 Å². The predicted molar refractivity (Wildman–Crippen MR) is 92.2 cm³/mol. The Hall–Kier alpha value is -1.92. The maximum absolute atomic E-state index is 12.7. The van der Waals surface area contributed by atoms with Crippen molar-refractivity contribution in [1.29, 1.82) is 0 Å². The SMILES string of the molecule is O=C(O)C1CCC(CNS(=O)(=O)c2cccc3ccccc23)CC1. The van der Waals surface area contributed by atoms with Crippen molar-refractivity contribution in [3.63, 3.8) is 0 Å². The van der Waals surface area contributed by atoms with Crippen LogP contribution < -0.4 is 4.72 Å². The molecule has 1 aliphatic carbocycles. The Morgan fingerprint density at radius 3 is 2.42 bits per heavy atom. The van der Waals surface area contributed by atoms with Gasteiger partial charge in [-0.05, 0) is 43.1 Å². The normalized spacial score (nSPS) is 21.7. The minimum absolute atomic E-state index is 0.199. The van der Waals surface area contributed by atoms with Crippen molar-refractivity contribution in [3.8, 4) is 0 Å². The monoisotopic (exact) mass is 347 g/mol. The number of carbonyl (C=O) groups is 1. The zero-order chi connectivity index (χ0) is 17.2. The van der Waals surface area contributed by atoms with E-state index in [-0.39, 0.29) is 11.8 Å².